The van der Waals surface area contributed by atoms with Gasteiger partial charge in [-0.1, -0.05) is 12.8 Å². The zero-order valence-electron chi connectivity index (χ0n) is 10.4. The highest BCUT2D eigenvalue weighted by Crippen LogP contribution is 2.18. The Morgan fingerprint density at radius 2 is 2.00 bits per heavy atom. The summed E-state index contributed by atoms with van der Waals surface area (Å²) in [5, 5.41) is 0. The van der Waals surface area contributed by atoms with Crippen LogP contribution in [0.15, 0.2) is 0 Å². The van der Waals surface area contributed by atoms with Crippen molar-refractivity contribution >= 4 is 12.4 Å². The minimum atomic E-state index is -0.503. The minimum absolute atomic E-state index is 0.308. The van der Waals surface area contributed by atoms with E-state index >= 15 is 0 Å². The van der Waals surface area contributed by atoms with Crippen LogP contribution in [0.3, 0.4) is 0 Å². The van der Waals surface area contributed by atoms with Gasteiger partial charge in [0, 0.05) is 6.54 Å². The van der Waals surface area contributed by atoms with E-state index in [-0.39, 0.29) is 12.1 Å². The van der Waals surface area contributed by atoms with Crippen molar-refractivity contribution in [1.82, 2.24) is 4.90 Å². The fourth-order valence-electron chi connectivity index (χ4n) is 1.82. The first-order chi connectivity index (χ1) is 7.44. The minimum Gasteiger partial charge on any atom is -0.444 e. The van der Waals surface area contributed by atoms with Crippen LogP contribution in [0.4, 0.5) is 4.79 Å². The molecular formula is C12H21NO3. The molecule has 1 saturated heterocycles. The molecule has 16 heavy (non-hydrogen) atoms. The first-order valence-corrected chi connectivity index (χ1v) is 5.89. The number of hydrogen-bond donors (Lipinski definition) is 0. The van der Waals surface area contributed by atoms with E-state index in [9.17, 15) is 9.59 Å². The zero-order chi connectivity index (χ0) is 12.2. The lowest BCUT2D eigenvalue weighted by molar-refractivity contribution is -0.112. The van der Waals surface area contributed by atoms with Crippen LogP contribution in [0.2, 0.25) is 0 Å². The largest absolute Gasteiger partial charge is 0.444 e. The Morgan fingerprint density at radius 3 is 2.56 bits per heavy atom. The first kappa shape index (κ1) is 13.0. The molecule has 92 valence electrons. The Morgan fingerprint density at radius 1 is 1.31 bits per heavy atom. The van der Waals surface area contributed by atoms with E-state index in [1.165, 1.54) is 0 Å². The van der Waals surface area contributed by atoms with E-state index < -0.39 is 5.60 Å². The van der Waals surface area contributed by atoms with Crippen LogP contribution >= 0.6 is 0 Å². The fourth-order valence-corrected chi connectivity index (χ4v) is 1.82. The van der Waals surface area contributed by atoms with Gasteiger partial charge in [0.1, 0.15) is 11.9 Å². The maximum Gasteiger partial charge on any atom is 0.410 e. The second kappa shape index (κ2) is 5.32. The van der Waals surface area contributed by atoms with Crippen molar-refractivity contribution in [2.24, 2.45) is 0 Å². The van der Waals surface area contributed by atoms with Crippen molar-refractivity contribution in [3.63, 3.8) is 0 Å². The number of hydrogen-bond acceptors (Lipinski definition) is 3. The summed E-state index contributed by atoms with van der Waals surface area (Å²) < 4.78 is 5.29. The van der Waals surface area contributed by atoms with Crippen LogP contribution in [0.1, 0.15) is 46.5 Å². The van der Waals surface area contributed by atoms with Gasteiger partial charge in [0.25, 0.3) is 0 Å². The lowest BCUT2D eigenvalue weighted by Gasteiger charge is -2.29. The van der Waals surface area contributed by atoms with Crippen LogP contribution in [-0.2, 0) is 9.53 Å². The van der Waals surface area contributed by atoms with Crippen LogP contribution in [-0.4, -0.2) is 35.5 Å². The summed E-state index contributed by atoms with van der Waals surface area (Å²) in [7, 11) is 0. The van der Waals surface area contributed by atoms with Gasteiger partial charge in [-0.3, -0.25) is 4.90 Å². The molecular weight excluding hydrogens is 206 g/mol. The summed E-state index contributed by atoms with van der Waals surface area (Å²) in [5.74, 6) is 0. The Hall–Kier alpha value is -1.06. The van der Waals surface area contributed by atoms with Crippen LogP contribution < -0.4 is 0 Å². The molecule has 0 aromatic rings. The molecule has 1 atom stereocenters. The Labute approximate surface area is 96.9 Å². The van der Waals surface area contributed by atoms with Crippen molar-refractivity contribution in [3.8, 4) is 0 Å². The predicted molar refractivity (Wildman–Crippen MR) is 61.3 cm³/mol. The van der Waals surface area contributed by atoms with Gasteiger partial charge in [-0.2, -0.15) is 0 Å². The number of likely N-dealkylation sites (tertiary alicyclic amines) is 1. The van der Waals surface area contributed by atoms with E-state index in [1.807, 2.05) is 20.8 Å². The van der Waals surface area contributed by atoms with Gasteiger partial charge in [0.2, 0.25) is 0 Å². The maximum atomic E-state index is 11.9. The fraction of sp³-hybridized carbons (Fsp3) is 0.833. The average Bonchev–Trinajstić information content (AvgIpc) is 2.39. The second-order valence-electron chi connectivity index (χ2n) is 5.23. The molecule has 1 aliphatic rings. The van der Waals surface area contributed by atoms with Gasteiger partial charge >= 0.3 is 6.09 Å². The third-order valence-corrected chi connectivity index (χ3v) is 2.58. The van der Waals surface area contributed by atoms with Crippen LogP contribution in [0.25, 0.3) is 0 Å². The lowest BCUT2D eigenvalue weighted by Crippen LogP contribution is -2.43. The second-order valence-corrected chi connectivity index (χ2v) is 5.23. The number of aldehydes is 1. The molecule has 1 aliphatic heterocycles. The summed E-state index contributed by atoms with van der Waals surface area (Å²) in [6.07, 6.45) is 4.26. The smallest absolute Gasteiger partial charge is 0.410 e. The summed E-state index contributed by atoms with van der Waals surface area (Å²) >= 11 is 0. The van der Waals surface area contributed by atoms with E-state index in [0.29, 0.717) is 6.54 Å². The molecule has 4 nitrogen and oxygen atoms in total. The van der Waals surface area contributed by atoms with E-state index in [2.05, 4.69) is 0 Å². The number of rotatable bonds is 1. The van der Waals surface area contributed by atoms with Gasteiger partial charge in [0.05, 0.1) is 6.04 Å². The number of carbonyl (C=O) groups excluding carboxylic acids is 2. The van der Waals surface area contributed by atoms with Crippen molar-refractivity contribution in [3.05, 3.63) is 0 Å². The van der Waals surface area contributed by atoms with Gasteiger partial charge in [0.15, 0.2) is 0 Å². The molecule has 1 amide bonds. The van der Waals surface area contributed by atoms with Crippen LogP contribution in [0.5, 0.6) is 0 Å². The number of nitrogens with zero attached hydrogens (tertiary/aromatic N) is 1. The third kappa shape index (κ3) is 3.83. The Kier molecular flexibility index (Phi) is 4.33. The van der Waals surface area contributed by atoms with Crippen LogP contribution in [0, 0.1) is 0 Å². The molecule has 0 aliphatic carbocycles. The maximum absolute atomic E-state index is 11.9. The Balaban J connectivity index is 2.66. The zero-order valence-corrected chi connectivity index (χ0v) is 10.4. The van der Waals surface area contributed by atoms with Crippen molar-refractivity contribution in [2.45, 2.75) is 58.1 Å². The topological polar surface area (TPSA) is 46.6 Å². The number of ether oxygens (including phenoxy) is 1. The quantitative estimate of drug-likeness (QED) is 0.646. The highest BCUT2D eigenvalue weighted by atomic mass is 16.6. The summed E-state index contributed by atoms with van der Waals surface area (Å²) in [4.78, 5) is 24.4. The average molecular weight is 227 g/mol. The van der Waals surface area contributed by atoms with Crippen molar-refractivity contribution < 1.29 is 14.3 Å². The van der Waals surface area contributed by atoms with E-state index in [1.54, 1.807) is 4.90 Å². The highest BCUT2D eigenvalue weighted by Gasteiger charge is 2.28. The molecule has 0 radical (unpaired) electrons. The SMILES string of the molecule is CC(C)(C)OC(=O)N1CCCCCC1C=O. The molecule has 4 heteroatoms. The van der Waals surface area contributed by atoms with Crippen molar-refractivity contribution in [2.75, 3.05) is 6.54 Å². The molecule has 1 heterocycles. The standard InChI is InChI=1S/C12H21NO3/c1-12(2,3)16-11(15)13-8-6-4-5-7-10(13)9-14/h9-10H,4-8H2,1-3H3. The normalized spacial score (nSPS) is 22.4. The molecule has 0 bridgehead atoms. The summed E-state index contributed by atoms with van der Waals surface area (Å²) in [5.41, 5.74) is -0.503. The van der Waals surface area contributed by atoms with Gasteiger partial charge < -0.3 is 9.53 Å². The molecule has 1 unspecified atom stereocenters. The molecule has 0 aromatic heterocycles. The summed E-state index contributed by atoms with van der Waals surface area (Å²) in [6.45, 7) is 6.12. The molecule has 0 spiro atoms. The third-order valence-electron chi connectivity index (χ3n) is 2.58. The van der Waals surface area contributed by atoms with Gasteiger partial charge in [-0.15, -0.1) is 0 Å². The molecule has 0 N–H and O–H groups in total. The number of carbonyl (C=O) groups is 2. The molecule has 1 fully saturated rings. The summed E-state index contributed by atoms with van der Waals surface area (Å²) in [6, 6.07) is -0.308. The van der Waals surface area contributed by atoms with E-state index in [4.69, 9.17) is 4.74 Å². The molecule has 1 rings (SSSR count). The Bertz CT molecular complexity index is 257. The monoisotopic (exact) mass is 227 g/mol. The van der Waals surface area contributed by atoms with Gasteiger partial charge in [-0.05, 0) is 33.6 Å². The highest BCUT2D eigenvalue weighted by molar-refractivity contribution is 5.73. The number of amides is 1. The van der Waals surface area contributed by atoms with Crippen molar-refractivity contribution in [1.29, 1.82) is 0 Å². The molecule has 0 saturated carbocycles. The predicted octanol–water partition coefficient (Wildman–Crippen LogP) is 2.37. The van der Waals surface area contributed by atoms with Gasteiger partial charge in [-0.25, -0.2) is 4.79 Å². The van der Waals surface area contributed by atoms with E-state index in [0.717, 1.165) is 32.0 Å². The first-order valence-electron chi connectivity index (χ1n) is 5.89. The molecule has 0 aromatic carbocycles. The lowest BCUT2D eigenvalue weighted by atomic mass is 10.1.